The van der Waals surface area contributed by atoms with E-state index in [1.54, 1.807) is 24.3 Å². The zero-order valence-electron chi connectivity index (χ0n) is 18.5. The normalized spacial score (nSPS) is 11.2. The predicted octanol–water partition coefficient (Wildman–Crippen LogP) is 6.28. The SMILES string of the molecule is COc1ccc(Oc2c(C(F)(F)F)oc3cc(OCC(=O)Nc4ccc(Cl)cc4)ccc3c2=O)cc1. The molecule has 0 spiro atoms. The van der Waals surface area contributed by atoms with E-state index in [1.165, 1.54) is 43.5 Å². The van der Waals surface area contributed by atoms with E-state index >= 15 is 0 Å². The van der Waals surface area contributed by atoms with Crippen LogP contribution in [0.1, 0.15) is 5.76 Å². The zero-order valence-corrected chi connectivity index (χ0v) is 19.3. The molecule has 1 heterocycles. The highest BCUT2D eigenvalue weighted by molar-refractivity contribution is 6.30. The number of rotatable bonds is 7. The van der Waals surface area contributed by atoms with Crippen LogP contribution in [0.25, 0.3) is 11.0 Å². The number of benzene rings is 3. The molecule has 0 saturated heterocycles. The third-order valence-electron chi connectivity index (χ3n) is 4.86. The highest BCUT2D eigenvalue weighted by atomic mass is 35.5. The molecule has 36 heavy (non-hydrogen) atoms. The van der Waals surface area contributed by atoms with E-state index in [0.29, 0.717) is 16.5 Å². The molecule has 4 rings (SSSR count). The molecule has 0 bridgehead atoms. The van der Waals surface area contributed by atoms with Crippen molar-refractivity contribution in [1.29, 1.82) is 0 Å². The Morgan fingerprint density at radius 2 is 1.61 bits per heavy atom. The fourth-order valence-electron chi connectivity index (χ4n) is 3.17. The maximum Gasteiger partial charge on any atom is 0.453 e. The van der Waals surface area contributed by atoms with Crippen LogP contribution >= 0.6 is 11.6 Å². The number of anilines is 1. The van der Waals surface area contributed by atoms with Crippen molar-refractivity contribution in [3.8, 4) is 23.0 Å². The monoisotopic (exact) mass is 519 g/mol. The molecule has 0 aliphatic rings. The Kier molecular flexibility index (Phi) is 7.07. The van der Waals surface area contributed by atoms with E-state index < -0.39 is 35.6 Å². The Balaban J connectivity index is 1.59. The largest absolute Gasteiger partial charge is 0.497 e. The van der Waals surface area contributed by atoms with Crippen molar-refractivity contribution in [3.63, 3.8) is 0 Å². The second-order valence-electron chi connectivity index (χ2n) is 7.37. The fourth-order valence-corrected chi connectivity index (χ4v) is 3.29. The van der Waals surface area contributed by atoms with Crippen molar-refractivity contribution in [2.75, 3.05) is 19.0 Å². The molecule has 1 N–H and O–H groups in total. The van der Waals surface area contributed by atoms with E-state index in [-0.39, 0.29) is 22.5 Å². The van der Waals surface area contributed by atoms with E-state index in [4.69, 9.17) is 30.2 Å². The Hall–Kier alpha value is -4.18. The molecule has 0 atom stereocenters. The quantitative estimate of drug-likeness (QED) is 0.309. The highest BCUT2D eigenvalue weighted by Gasteiger charge is 2.40. The van der Waals surface area contributed by atoms with Gasteiger partial charge in [0.05, 0.1) is 12.5 Å². The van der Waals surface area contributed by atoms with Gasteiger partial charge in [0.2, 0.25) is 11.2 Å². The Morgan fingerprint density at radius 1 is 0.972 bits per heavy atom. The average Bonchev–Trinajstić information content (AvgIpc) is 2.85. The Morgan fingerprint density at radius 3 is 2.25 bits per heavy atom. The lowest BCUT2D eigenvalue weighted by molar-refractivity contribution is -0.154. The third-order valence-corrected chi connectivity index (χ3v) is 5.11. The molecule has 0 aliphatic heterocycles. The van der Waals surface area contributed by atoms with Crippen LogP contribution in [-0.2, 0) is 11.0 Å². The molecule has 1 amide bonds. The van der Waals surface area contributed by atoms with Gasteiger partial charge in [0.15, 0.2) is 6.61 Å². The number of alkyl halides is 3. The first-order chi connectivity index (χ1) is 17.1. The maximum atomic E-state index is 13.7. The Bertz CT molecular complexity index is 1450. The number of carbonyl (C=O) groups is 1. The minimum Gasteiger partial charge on any atom is -0.497 e. The summed E-state index contributed by atoms with van der Waals surface area (Å²) >= 11 is 5.80. The number of hydrogen-bond donors (Lipinski definition) is 1. The van der Waals surface area contributed by atoms with E-state index in [9.17, 15) is 22.8 Å². The number of hydrogen-bond acceptors (Lipinski definition) is 6. The molecule has 1 aromatic heterocycles. The molecule has 4 aromatic rings. The van der Waals surface area contributed by atoms with Gasteiger partial charge in [-0.2, -0.15) is 13.2 Å². The van der Waals surface area contributed by atoms with Gasteiger partial charge in [-0.05, 0) is 60.7 Å². The van der Waals surface area contributed by atoms with Gasteiger partial charge in [0.1, 0.15) is 22.8 Å². The van der Waals surface area contributed by atoms with Crippen LogP contribution < -0.4 is 25.0 Å². The molecular weight excluding hydrogens is 503 g/mol. The van der Waals surface area contributed by atoms with Crippen LogP contribution in [0.2, 0.25) is 5.02 Å². The summed E-state index contributed by atoms with van der Waals surface area (Å²) in [5, 5.41) is 2.92. The van der Waals surface area contributed by atoms with Gasteiger partial charge < -0.3 is 23.9 Å². The molecular formula is C25H17ClF3NO6. The summed E-state index contributed by atoms with van der Waals surface area (Å²) in [5.41, 5.74) is -0.923. The number of ether oxygens (including phenoxy) is 3. The number of methoxy groups -OCH3 is 1. The number of halogens is 4. The lowest BCUT2D eigenvalue weighted by atomic mass is 10.2. The first-order valence-corrected chi connectivity index (χ1v) is 10.7. The zero-order chi connectivity index (χ0) is 25.9. The molecule has 7 nitrogen and oxygen atoms in total. The van der Waals surface area contributed by atoms with Crippen LogP contribution in [0.15, 0.2) is 75.9 Å². The van der Waals surface area contributed by atoms with Crippen molar-refractivity contribution in [1.82, 2.24) is 0 Å². The van der Waals surface area contributed by atoms with Crippen molar-refractivity contribution in [3.05, 3.63) is 87.7 Å². The molecule has 3 aromatic carbocycles. The van der Waals surface area contributed by atoms with Gasteiger partial charge >= 0.3 is 6.18 Å². The van der Waals surface area contributed by atoms with Crippen LogP contribution in [0.4, 0.5) is 18.9 Å². The summed E-state index contributed by atoms with van der Waals surface area (Å²) in [5.74, 6) is -2.66. The van der Waals surface area contributed by atoms with Gasteiger partial charge in [-0.1, -0.05) is 11.6 Å². The number of carbonyl (C=O) groups excluding carboxylic acids is 1. The van der Waals surface area contributed by atoms with Crippen molar-refractivity contribution >= 4 is 34.2 Å². The van der Waals surface area contributed by atoms with Gasteiger partial charge in [0.25, 0.3) is 11.7 Å². The number of nitrogens with one attached hydrogen (secondary N) is 1. The fraction of sp³-hybridized carbons (Fsp3) is 0.120. The van der Waals surface area contributed by atoms with Gasteiger partial charge in [-0.3, -0.25) is 9.59 Å². The molecule has 0 aliphatic carbocycles. The van der Waals surface area contributed by atoms with Crippen molar-refractivity contribution in [2.45, 2.75) is 6.18 Å². The van der Waals surface area contributed by atoms with E-state index in [0.717, 1.165) is 6.07 Å². The maximum absolute atomic E-state index is 13.7. The number of amides is 1. The van der Waals surface area contributed by atoms with Crippen LogP contribution in [-0.4, -0.2) is 19.6 Å². The van der Waals surface area contributed by atoms with Crippen molar-refractivity contribution < 1.29 is 36.6 Å². The van der Waals surface area contributed by atoms with Gasteiger partial charge in [-0.25, -0.2) is 0 Å². The highest BCUT2D eigenvalue weighted by Crippen LogP contribution is 2.38. The minimum absolute atomic E-state index is 0.0143. The summed E-state index contributed by atoms with van der Waals surface area (Å²) in [6.07, 6.45) is -5.02. The van der Waals surface area contributed by atoms with E-state index in [1.807, 2.05) is 0 Å². The van der Waals surface area contributed by atoms with Gasteiger partial charge in [0, 0.05) is 16.8 Å². The van der Waals surface area contributed by atoms with Gasteiger partial charge in [-0.15, -0.1) is 0 Å². The average molecular weight is 520 g/mol. The molecule has 11 heteroatoms. The summed E-state index contributed by atoms with van der Waals surface area (Å²) in [7, 11) is 1.43. The topological polar surface area (TPSA) is 87.0 Å². The van der Waals surface area contributed by atoms with Crippen molar-refractivity contribution in [2.24, 2.45) is 0 Å². The Labute approximate surface area is 207 Å². The summed E-state index contributed by atoms with van der Waals surface area (Å²) in [4.78, 5) is 25.0. The summed E-state index contributed by atoms with van der Waals surface area (Å²) in [6, 6.07) is 15.7. The van der Waals surface area contributed by atoms with Crippen LogP contribution in [0, 0.1) is 0 Å². The lowest BCUT2D eigenvalue weighted by Crippen LogP contribution is -2.20. The smallest absolute Gasteiger partial charge is 0.453 e. The number of fused-ring (bicyclic) bond motifs is 1. The molecule has 0 fully saturated rings. The first kappa shape index (κ1) is 24.9. The molecule has 0 radical (unpaired) electrons. The molecule has 186 valence electrons. The molecule has 0 unspecified atom stereocenters. The second kappa shape index (κ2) is 10.2. The van der Waals surface area contributed by atoms with Crippen LogP contribution in [0.5, 0.6) is 23.0 Å². The minimum atomic E-state index is -5.02. The van der Waals surface area contributed by atoms with Crippen LogP contribution in [0.3, 0.4) is 0 Å². The third kappa shape index (κ3) is 5.72. The molecule has 0 saturated carbocycles. The first-order valence-electron chi connectivity index (χ1n) is 10.3. The predicted molar refractivity (Wildman–Crippen MR) is 126 cm³/mol. The lowest BCUT2D eigenvalue weighted by Gasteiger charge is -2.14. The summed E-state index contributed by atoms with van der Waals surface area (Å²) < 4.78 is 61.9. The second-order valence-corrected chi connectivity index (χ2v) is 7.80. The standard InChI is InChI=1S/C25H17ClF3NO6/c1-33-16-6-8-17(9-7-16)35-23-22(32)19-11-10-18(12-20(19)36-24(23)25(27,28)29)34-13-21(31)30-15-4-2-14(26)3-5-15/h2-12H,13H2,1H3,(H,30,31). The van der Waals surface area contributed by atoms with E-state index in [2.05, 4.69) is 5.32 Å². The summed E-state index contributed by atoms with van der Waals surface area (Å²) in [6.45, 7) is -0.441.